The normalized spacial score (nSPS) is 31.1. The van der Waals surface area contributed by atoms with Crippen LogP contribution in [0, 0.1) is 5.92 Å². The van der Waals surface area contributed by atoms with Gasteiger partial charge in [-0.05, 0) is 46.1 Å². The Labute approximate surface area is 127 Å². The second kappa shape index (κ2) is 6.44. The number of hydrogen-bond acceptors (Lipinski definition) is 4. The summed E-state index contributed by atoms with van der Waals surface area (Å²) in [7, 11) is 0. The maximum Gasteiger partial charge on any atom is 0.141 e. The highest BCUT2D eigenvalue weighted by Crippen LogP contribution is 2.35. The van der Waals surface area contributed by atoms with Crippen molar-refractivity contribution in [1.82, 2.24) is 19.7 Å². The van der Waals surface area contributed by atoms with Crippen LogP contribution in [0.5, 0.6) is 0 Å². The molecule has 2 fully saturated rings. The fourth-order valence-corrected chi connectivity index (χ4v) is 4.12. The molecule has 2 heterocycles. The summed E-state index contributed by atoms with van der Waals surface area (Å²) in [6.45, 7) is 6.28. The molecule has 1 N–H and O–H groups in total. The number of likely N-dealkylation sites (tertiary alicyclic amines) is 1. The summed E-state index contributed by atoms with van der Waals surface area (Å²) in [5.41, 5.74) is 0. The number of aromatic nitrogens is 3. The standard InChI is InChI=1S/C16H28N4O/c1-12(2)20-16(17-11-18-20)10-19-9-5-7-14(19)13-6-3-4-8-15(13)21/h11-15,21H,3-10H2,1-2H3. The van der Waals surface area contributed by atoms with Gasteiger partial charge in [-0.25, -0.2) is 9.67 Å². The Morgan fingerprint density at radius 3 is 2.81 bits per heavy atom. The highest BCUT2D eigenvalue weighted by molar-refractivity contribution is 4.94. The van der Waals surface area contributed by atoms with Crippen molar-refractivity contribution in [3.8, 4) is 0 Å². The van der Waals surface area contributed by atoms with E-state index in [0.717, 1.165) is 25.3 Å². The summed E-state index contributed by atoms with van der Waals surface area (Å²) < 4.78 is 2.02. The number of nitrogens with zero attached hydrogens (tertiary/aromatic N) is 4. The van der Waals surface area contributed by atoms with Gasteiger partial charge in [0.2, 0.25) is 0 Å². The van der Waals surface area contributed by atoms with Crippen LogP contribution >= 0.6 is 0 Å². The lowest BCUT2D eigenvalue weighted by molar-refractivity contribution is 0.0191. The van der Waals surface area contributed by atoms with Crippen LogP contribution in [0.1, 0.15) is 64.2 Å². The molecule has 118 valence electrons. The first-order chi connectivity index (χ1) is 10.2. The van der Waals surface area contributed by atoms with Gasteiger partial charge in [-0.15, -0.1) is 0 Å². The Balaban J connectivity index is 1.70. The highest BCUT2D eigenvalue weighted by Gasteiger charge is 2.37. The van der Waals surface area contributed by atoms with Crippen molar-refractivity contribution in [3.05, 3.63) is 12.2 Å². The zero-order valence-corrected chi connectivity index (χ0v) is 13.3. The Hall–Kier alpha value is -0.940. The van der Waals surface area contributed by atoms with E-state index in [-0.39, 0.29) is 6.10 Å². The van der Waals surface area contributed by atoms with Crippen molar-refractivity contribution in [3.63, 3.8) is 0 Å². The molecule has 21 heavy (non-hydrogen) atoms. The lowest BCUT2D eigenvalue weighted by Gasteiger charge is -2.37. The van der Waals surface area contributed by atoms with Gasteiger partial charge in [0.15, 0.2) is 0 Å². The predicted molar refractivity (Wildman–Crippen MR) is 81.8 cm³/mol. The third-order valence-electron chi connectivity index (χ3n) is 5.17. The lowest BCUT2D eigenvalue weighted by Crippen LogP contribution is -2.42. The van der Waals surface area contributed by atoms with Crippen molar-refractivity contribution < 1.29 is 5.11 Å². The lowest BCUT2D eigenvalue weighted by atomic mass is 9.80. The molecule has 1 aliphatic carbocycles. The quantitative estimate of drug-likeness (QED) is 0.925. The van der Waals surface area contributed by atoms with Gasteiger partial charge in [0.05, 0.1) is 12.6 Å². The van der Waals surface area contributed by atoms with E-state index < -0.39 is 0 Å². The highest BCUT2D eigenvalue weighted by atomic mass is 16.3. The molecule has 0 aromatic carbocycles. The molecule has 5 nitrogen and oxygen atoms in total. The SMILES string of the molecule is CC(C)n1ncnc1CN1CCCC1C1CCCCC1O. The molecule has 1 saturated carbocycles. The van der Waals surface area contributed by atoms with E-state index in [4.69, 9.17) is 0 Å². The van der Waals surface area contributed by atoms with Gasteiger partial charge < -0.3 is 5.11 Å². The molecule has 0 bridgehead atoms. The van der Waals surface area contributed by atoms with Gasteiger partial charge >= 0.3 is 0 Å². The molecule has 3 atom stereocenters. The fourth-order valence-electron chi connectivity index (χ4n) is 4.12. The van der Waals surface area contributed by atoms with E-state index in [2.05, 4.69) is 28.8 Å². The van der Waals surface area contributed by atoms with Crippen LogP contribution in [-0.2, 0) is 6.54 Å². The van der Waals surface area contributed by atoms with Gasteiger partial charge in [0.1, 0.15) is 12.2 Å². The summed E-state index contributed by atoms with van der Waals surface area (Å²) in [5.74, 6) is 1.51. The summed E-state index contributed by atoms with van der Waals surface area (Å²) >= 11 is 0. The minimum Gasteiger partial charge on any atom is -0.393 e. The molecule has 1 aromatic rings. The van der Waals surface area contributed by atoms with E-state index in [9.17, 15) is 5.11 Å². The van der Waals surface area contributed by atoms with Crippen LogP contribution in [0.25, 0.3) is 0 Å². The van der Waals surface area contributed by atoms with Gasteiger partial charge in [0, 0.05) is 18.0 Å². The van der Waals surface area contributed by atoms with Gasteiger partial charge in [0.25, 0.3) is 0 Å². The van der Waals surface area contributed by atoms with Crippen molar-refractivity contribution in [2.45, 2.75) is 77.1 Å². The third-order valence-corrected chi connectivity index (χ3v) is 5.17. The molecule has 2 aliphatic rings. The third kappa shape index (κ3) is 3.14. The molecule has 1 saturated heterocycles. The molecule has 3 rings (SSSR count). The van der Waals surface area contributed by atoms with Crippen LogP contribution in [-0.4, -0.2) is 43.5 Å². The maximum atomic E-state index is 10.4. The van der Waals surface area contributed by atoms with Crippen molar-refractivity contribution in [2.24, 2.45) is 5.92 Å². The zero-order valence-electron chi connectivity index (χ0n) is 13.3. The predicted octanol–water partition coefficient (Wildman–Crippen LogP) is 2.37. The fraction of sp³-hybridized carbons (Fsp3) is 0.875. The molecular weight excluding hydrogens is 264 g/mol. The smallest absolute Gasteiger partial charge is 0.141 e. The van der Waals surface area contributed by atoms with Crippen LogP contribution in [0.4, 0.5) is 0 Å². The summed E-state index contributed by atoms with van der Waals surface area (Å²) in [6, 6.07) is 0.876. The Kier molecular flexibility index (Phi) is 4.60. The minimum atomic E-state index is -0.104. The second-order valence-electron chi connectivity index (χ2n) is 6.91. The van der Waals surface area contributed by atoms with E-state index in [0.29, 0.717) is 18.0 Å². The molecule has 0 radical (unpaired) electrons. The zero-order chi connectivity index (χ0) is 14.8. The molecule has 3 unspecified atom stereocenters. The average Bonchev–Trinajstić information content (AvgIpc) is 3.09. The average molecular weight is 292 g/mol. The summed E-state index contributed by atoms with van der Waals surface area (Å²) in [5, 5.41) is 14.7. The topological polar surface area (TPSA) is 54.2 Å². The van der Waals surface area contributed by atoms with Crippen LogP contribution < -0.4 is 0 Å². The molecular formula is C16H28N4O. The number of aliphatic hydroxyl groups excluding tert-OH is 1. The Morgan fingerprint density at radius 2 is 2.05 bits per heavy atom. The number of aliphatic hydroxyl groups is 1. The van der Waals surface area contributed by atoms with Crippen molar-refractivity contribution in [2.75, 3.05) is 6.54 Å². The largest absolute Gasteiger partial charge is 0.393 e. The van der Waals surface area contributed by atoms with Gasteiger partial charge in [-0.2, -0.15) is 5.10 Å². The van der Waals surface area contributed by atoms with Gasteiger partial charge in [-0.1, -0.05) is 12.8 Å². The maximum absolute atomic E-state index is 10.4. The first-order valence-corrected chi connectivity index (χ1v) is 8.47. The monoisotopic (exact) mass is 292 g/mol. The van der Waals surface area contributed by atoms with Crippen molar-refractivity contribution >= 4 is 0 Å². The van der Waals surface area contributed by atoms with E-state index in [1.54, 1.807) is 6.33 Å². The Bertz CT molecular complexity index is 459. The van der Waals surface area contributed by atoms with Crippen LogP contribution in [0.3, 0.4) is 0 Å². The van der Waals surface area contributed by atoms with Crippen LogP contribution in [0.2, 0.25) is 0 Å². The Morgan fingerprint density at radius 1 is 1.24 bits per heavy atom. The number of rotatable bonds is 4. The van der Waals surface area contributed by atoms with Gasteiger partial charge in [-0.3, -0.25) is 4.90 Å². The van der Waals surface area contributed by atoms with Crippen molar-refractivity contribution in [1.29, 1.82) is 0 Å². The second-order valence-corrected chi connectivity index (χ2v) is 6.91. The first kappa shape index (κ1) is 15.0. The molecule has 0 amide bonds. The molecule has 1 aromatic heterocycles. The van der Waals surface area contributed by atoms with Crippen LogP contribution in [0.15, 0.2) is 6.33 Å². The van der Waals surface area contributed by atoms with E-state index in [1.165, 1.54) is 32.1 Å². The number of hydrogen-bond donors (Lipinski definition) is 1. The van der Waals surface area contributed by atoms with E-state index >= 15 is 0 Å². The molecule has 0 spiro atoms. The van der Waals surface area contributed by atoms with E-state index in [1.807, 2.05) is 4.68 Å². The molecule has 5 heteroatoms. The summed E-state index contributed by atoms with van der Waals surface area (Å²) in [4.78, 5) is 6.98. The first-order valence-electron chi connectivity index (χ1n) is 8.47. The summed E-state index contributed by atoms with van der Waals surface area (Å²) in [6.07, 6.45) is 8.64. The molecule has 1 aliphatic heterocycles. The minimum absolute atomic E-state index is 0.104.